The van der Waals surface area contributed by atoms with Crippen molar-refractivity contribution in [1.82, 2.24) is 10.0 Å². The van der Waals surface area contributed by atoms with Gasteiger partial charge in [0.1, 0.15) is 0 Å². The summed E-state index contributed by atoms with van der Waals surface area (Å²) in [5.74, 6) is -0.747. The molecule has 0 fully saturated rings. The number of rotatable bonds is 9. The van der Waals surface area contributed by atoms with Gasteiger partial charge in [0, 0.05) is 16.0 Å². The topological polar surface area (TPSA) is 82.5 Å². The molecule has 0 saturated carbocycles. The Morgan fingerprint density at radius 1 is 1.50 bits per heavy atom. The van der Waals surface area contributed by atoms with Gasteiger partial charge in [-0.15, -0.1) is 11.3 Å². The highest BCUT2D eigenvalue weighted by Crippen LogP contribution is 2.29. The van der Waals surface area contributed by atoms with Crippen LogP contribution in [0.1, 0.15) is 31.7 Å². The Labute approximate surface area is 161 Å². The maximum atomic E-state index is 12.5. The van der Waals surface area contributed by atoms with E-state index in [2.05, 4.69) is 10.3 Å². The molecular formula is C18H22ClN3O3S. The number of amides is 2. The number of hydrogen-bond donors (Lipinski definition) is 2. The summed E-state index contributed by atoms with van der Waals surface area (Å²) in [4.78, 5) is 27.6. The summed E-state index contributed by atoms with van der Waals surface area (Å²) in [7, 11) is 0. The van der Waals surface area contributed by atoms with Crippen LogP contribution in [0.4, 0.5) is 5.13 Å². The molecule has 1 unspecified atom stereocenters. The summed E-state index contributed by atoms with van der Waals surface area (Å²) < 4.78 is 0. The zero-order valence-corrected chi connectivity index (χ0v) is 16.3. The molecule has 0 aliphatic carbocycles. The second-order valence-corrected chi connectivity index (χ2v) is 7.35. The summed E-state index contributed by atoms with van der Waals surface area (Å²) >= 11 is 7.31. The number of aryl methyl sites for hydroxylation is 1. The van der Waals surface area contributed by atoms with Gasteiger partial charge in [0.15, 0.2) is 5.13 Å². The average Bonchev–Trinajstić information content (AvgIpc) is 3.06. The first kappa shape index (κ1) is 20.4. The molecule has 2 N–H and O–H groups in total. The Balaban J connectivity index is 2.10. The summed E-state index contributed by atoms with van der Waals surface area (Å²) in [6.45, 7) is 3.94. The van der Waals surface area contributed by atoms with Crippen LogP contribution in [-0.4, -0.2) is 34.1 Å². The number of nitrogens with one attached hydrogen (secondary N) is 1. The molecule has 26 heavy (non-hydrogen) atoms. The van der Waals surface area contributed by atoms with Crippen molar-refractivity contribution in [3.63, 3.8) is 0 Å². The molecule has 2 aromatic rings. The second-order valence-electron chi connectivity index (χ2n) is 6.05. The lowest BCUT2D eigenvalue weighted by Gasteiger charge is -2.18. The van der Waals surface area contributed by atoms with E-state index in [1.165, 1.54) is 11.3 Å². The van der Waals surface area contributed by atoms with Crippen molar-refractivity contribution in [3.8, 4) is 11.3 Å². The van der Waals surface area contributed by atoms with E-state index >= 15 is 0 Å². The van der Waals surface area contributed by atoms with Crippen molar-refractivity contribution in [2.45, 2.75) is 33.1 Å². The Kier molecular flexibility index (Phi) is 7.56. The van der Waals surface area contributed by atoms with Crippen LogP contribution in [0.15, 0.2) is 23.6 Å². The van der Waals surface area contributed by atoms with Crippen LogP contribution in [0.25, 0.3) is 11.3 Å². The van der Waals surface area contributed by atoms with Crippen molar-refractivity contribution >= 4 is 40.4 Å². The third kappa shape index (κ3) is 5.52. The average molecular weight is 396 g/mol. The second kappa shape index (κ2) is 9.66. The van der Waals surface area contributed by atoms with Gasteiger partial charge in [0.2, 0.25) is 12.3 Å². The number of unbranched alkanes of at least 4 members (excludes halogenated alkanes) is 1. The minimum atomic E-state index is -0.491. The normalized spacial score (nSPS) is 11.8. The van der Waals surface area contributed by atoms with E-state index in [1.807, 2.05) is 31.4 Å². The lowest BCUT2D eigenvalue weighted by molar-refractivity contribution is -0.153. The predicted molar refractivity (Wildman–Crippen MR) is 103 cm³/mol. The molecule has 0 aliphatic rings. The molecule has 1 atom stereocenters. The monoisotopic (exact) mass is 395 g/mol. The first-order valence-corrected chi connectivity index (χ1v) is 9.64. The molecule has 0 spiro atoms. The van der Waals surface area contributed by atoms with Crippen LogP contribution in [0, 0.1) is 12.8 Å². The largest absolute Gasteiger partial charge is 0.302 e. The number of aromatic nitrogens is 1. The van der Waals surface area contributed by atoms with E-state index in [-0.39, 0.29) is 12.5 Å². The number of carbonyl (C=O) groups excluding carboxylic acids is 2. The molecule has 0 radical (unpaired) electrons. The number of nitrogens with zero attached hydrogens (tertiary/aromatic N) is 2. The first-order valence-electron chi connectivity index (χ1n) is 8.38. The molecule has 0 bridgehead atoms. The number of hydrogen-bond acceptors (Lipinski definition) is 5. The summed E-state index contributed by atoms with van der Waals surface area (Å²) in [5.41, 5.74) is 2.72. The molecule has 8 heteroatoms. The number of halogens is 1. The maximum Gasteiger partial charge on any atom is 0.233 e. The molecule has 0 aliphatic heterocycles. The zero-order chi connectivity index (χ0) is 19.1. The van der Waals surface area contributed by atoms with Crippen LogP contribution in [0.2, 0.25) is 5.02 Å². The molecule has 0 saturated heterocycles. The van der Waals surface area contributed by atoms with Gasteiger partial charge in [-0.3, -0.25) is 14.8 Å². The van der Waals surface area contributed by atoms with Gasteiger partial charge in [-0.05, 0) is 31.0 Å². The van der Waals surface area contributed by atoms with Crippen molar-refractivity contribution in [2.75, 3.05) is 11.9 Å². The van der Waals surface area contributed by atoms with E-state index in [4.69, 9.17) is 11.6 Å². The number of hydroxylamine groups is 2. The van der Waals surface area contributed by atoms with E-state index in [0.717, 1.165) is 29.7 Å². The van der Waals surface area contributed by atoms with E-state index in [0.29, 0.717) is 28.0 Å². The van der Waals surface area contributed by atoms with Crippen LogP contribution < -0.4 is 5.32 Å². The minimum absolute atomic E-state index is 0.0378. The van der Waals surface area contributed by atoms with E-state index in [9.17, 15) is 14.8 Å². The fraction of sp³-hybridized carbons (Fsp3) is 0.389. The summed E-state index contributed by atoms with van der Waals surface area (Å²) in [5, 5.41) is 15.7. The Bertz CT molecular complexity index is 766. The van der Waals surface area contributed by atoms with Crippen LogP contribution in [-0.2, 0) is 9.59 Å². The molecule has 1 aromatic carbocycles. The number of thiazole rings is 1. The molecular weight excluding hydrogens is 374 g/mol. The number of anilines is 1. The molecule has 2 rings (SSSR count). The Morgan fingerprint density at radius 2 is 2.27 bits per heavy atom. The minimum Gasteiger partial charge on any atom is -0.302 e. The van der Waals surface area contributed by atoms with Crippen LogP contribution >= 0.6 is 22.9 Å². The fourth-order valence-corrected chi connectivity index (χ4v) is 3.54. The van der Waals surface area contributed by atoms with Crippen LogP contribution in [0.3, 0.4) is 0 Å². The fourth-order valence-electron chi connectivity index (χ4n) is 2.60. The summed E-state index contributed by atoms with van der Waals surface area (Å²) in [6.07, 6.45) is 2.64. The predicted octanol–water partition coefficient (Wildman–Crippen LogP) is 4.36. The van der Waals surface area contributed by atoms with Gasteiger partial charge in [-0.2, -0.15) is 0 Å². The first-order chi connectivity index (χ1) is 12.4. The maximum absolute atomic E-state index is 12.5. The molecule has 1 aromatic heterocycles. The van der Waals surface area contributed by atoms with Crippen molar-refractivity contribution in [2.24, 2.45) is 5.92 Å². The SMILES string of the molecule is CCCCC(CN(O)C=O)C(=O)Nc1nc(-c2ccc(Cl)cc2C)cs1. The third-order valence-electron chi connectivity index (χ3n) is 4.00. The molecule has 1 heterocycles. The highest BCUT2D eigenvalue weighted by atomic mass is 35.5. The van der Waals surface area contributed by atoms with E-state index < -0.39 is 5.92 Å². The molecule has 2 amide bonds. The standard InChI is InChI=1S/C18H22ClN3O3S/c1-3-4-5-13(9-22(25)11-23)17(24)21-18-20-16(10-26-18)15-7-6-14(19)8-12(15)2/h6-8,10-11,13,25H,3-5,9H2,1-2H3,(H,20,21,24). The van der Waals surface area contributed by atoms with E-state index in [1.54, 1.807) is 6.07 Å². The van der Waals surface area contributed by atoms with Crippen molar-refractivity contribution in [1.29, 1.82) is 0 Å². The summed E-state index contributed by atoms with van der Waals surface area (Å²) in [6, 6.07) is 5.57. The molecule has 6 nitrogen and oxygen atoms in total. The zero-order valence-electron chi connectivity index (χ0n) is 14.7. The molecule has 140 valence electrons. The van der Waals surface area contributed by atoms with Gasteiger partial charge < -0.3 is 5.32 Å². The number of benzene rings is 1. The third-order valence-corrected chi connectivity index (χ3v) is 5.00. The van der Waals surface area contributed by atoms with Gasteiger partial charge >= 0.3 is 0 Å². The Morgan fingerprint density at radius 3 is 2.92 bits per heavy atom. The van der Waals surface area contributed by atoms with Crippen molar-refractivity contribution < 1.29 is 14.8 Å². The van der Waals surface area contributed by atoms with Gasteiger partial charge in [-0.25, -0.2) is 10.0 Å². The smallest absolute Gasteiger partial charge is 0.233 e. The Hall–Kier alpha value is -1.96. The lowest BCUT2D eigenvalue weighted by Crippen LogP contribution is -2.33. The lowest BCUT2D eigenvalue weighted by atomic mass is 10.0. The van der Waals surface area contributed by atoms with Crippen molar-refractivity contribution in [3.05, 3.63) is 34.2 Å². The van der Waals surface area contributed by atoms with Gasteiger partial charge in [0.25, 0.3) is 0 Å². The van der Waals surface area contributed by atoms with Crippen LogP contribution in [0.5, 0.6) is 0 Å². The highest BCUT2D eigenvalue weighted by Gasteiger charge is 2.21. The quantitative estimate of drug-likeness (QED) is 0.375. The van der Waals surface area contributed by atoms with Gasteiger partial charge in [-0.1, -0.05) is 37.4 Å². The number of carbonyl (C=O) groups is 2. The van der Waals surface area contributed by atoms with Gasteiger partial charge in [0.05, 0.1) is 18.2 Å². The highest BCUT2D eigenvalue weighted by molar-refractivity contribution is 7.14.